The van der Waals surface area contributed by atoms with E-state index >= 15 is 0 Å². The molecule has 0 radical (unpaired) electrons. The van der Waals surface area contributed by atoms with Crippen LogP contribution in [0, 0.1) is 0 Å². The molecule has 1 amide bonds. The molecule has 1 fully saturated rings. The molecule has 0 saturated carbocycles. The van der Waals surface area contributed by atoms with E-state index in [2.05, 4.69) is 9.97 Å². The van der Waals surface area contributed by atoms with Crippen LogP contribution >= 0.6 is 0 Å². The van der Waals surface area contributed by atoms with Gasteiger partial charge in [-0.2, -0.15) is 0 Å². The number of hydrogen-bond donors (Lipinski definition) is 1. The van der Waals surface area contributed by atoms with Crippen molar-refractivity contribution in [3.63, 3.8) is 0 Å². The summed E-state index contributed by atoms with van der Waals surface area (Å²) in [5.41, 5.74) is 0. The SMILES string of the molecule is CCN(CCCO)C(=O)C1CCCN1c1ncccn1. The highest BCUT2D eigenvalue weighted by atomic mass is 16.3. The predicted molar refractivity (Wildman–Crippen MR) is 76.4 cm³/mol. The summed E-state index contributed by atoms with van der Waals surface area (Å²) in [6.45, 7) is 4.16. The van der Waals surface area contributed by atoms with Crippen molar-refractivity contribution in [2.75, 3.05) is 31.1 Å². The van der Waals surface area contributed by atoms with Gasteiger partial charge in [-0.05, 0) is 32.3 Å². The Labute approximate surface area is 119 Å². The van der Waals surface area contributed by atoms with Crippen LogP contribution in [0.2, 0.25) is 0 Å². The van der Waals surface area contributed by atoms with Gasteiger partial charge in [0.05, 0.1) is 0 Å². The van der Waals surface area contributed by atoms with Crippen LogP contribution in [0.5, 0.6) is 0 Å². The summed E-state index contributed by atoms with van der Waals surface area (Å²) in [6, 6.07) is 1.60. The van der Waals surface area contributed by atoms with Crippen molar-refractivity contribution in [3.05, 3.63) is 18.5 Å². The van der Waals surface area contributed by atoms with Crippen LogP contribution in [0.4, 0.5) is 5.95 Å². The number of aliphatic hydroxyl groups excluding tert-OH is 1. The normalized spacial score (nSPS) is 18.3. The second-order valence-corrected chi connectivity index (χ2v) is 4.90. The van der Waals surface area contributed by atoms with Crippen LogP contribution in [0.25, 0.3) is 0 Å². The smallest absolute Gasteiger partial charge is 0.245 e. The lowest BCUT2D eigenvalue weighted by atomic mass is 10.2. The minimum absolute atomic E-state index is 0.111. The first-order valence-corrected chi connectivity index (χ1v) is 7.21. The van der Waals surface area contributed by atoms with Gasteiger partial charge in [0.25, 0.3) is 0 Å². The highest BCUT2D eigenvalue weighted by Crippen LogP contribution is 2.23. The van der Waals surface area contributed by atoms with E-state index in [1.807, 2.05) is 16.7 Å². The predicted octanol–water partition coefficient (Wildman–Crippen LogP) is 0.676. The molecule has 20 heavy (non-hydrogen) atoms. The zero-order valence-electron chi connectivity index (χ0n) is 11.9. The minimum Gasteiger partial charge on any atom is -0.396 e. The molecule has 1 aromatic rings. The number of anilines is 1. The van der Waals surface area contributed by atoms with E-state index in [4.69, 9.17) is 5.11 Å². The number of likely N-dealkylation sites (N-methyl/N-ethyl adjacent to an activating group) is 1. The van der Waals surface area contributed by atoms with Crippen LogP contribution in [0.1, 0.15) is 26.2 Å². The number of aliphatic hydroxyl groups is 1. The fourth-order valence-electron chi connectivity index (χ4n) is 2.60. The Morgan fingerprint density at radius 3 is 2.90 bits per heavy atom. The van der Waals surface area contributed by atoms with Gasteiger partial charge in [-0.1, -0.05) is 0 Å². The van der Waals surface area contributed by atoms with Gasteiger partial charge in [0.2, 0.25) is 11.9 Å². The molecule has 1 aliphatic heterocycles. The van der Waals surface area contributed by atoms with Crippen molar-refractivity contribution >= 4 is 11.9 Å². The first-order chi connectivity index (χ1) is 9.77. The zero-order chi connectivity index (χ0) is 14.4. The maximum Gasteiger partial charge on any atom is 0.245 e. The third-order valence-electron chi connectivity index (χ3n) is 3.63. The van der Waals surface area contributed by atoms with E-state index in [0.29, 0.717) is 25.5 Å². The fourth-order valence-corrected chi connectivity index (χ4v) is 2.60. The summed E-state index contributed by atoms with van der Waals surface area (Å²) < 4.78 is 0. The summed E-state index contributed by atoms with van der Waals surface area (Å²) in [4.78, 5) is 24.9. The Bertz CT molecular complexity index is 426. The summed E-state index contributed by atoms with van der Waals surface area (Å²) in [7, 11) is 0. The van der Waals surface area contributed by atoms with Crippen molar-refractivity contribution in [1.29, 1.82) is 0 Å². The van der Waals surface area contributed by atoms with Gasteiger partial charge in [0, 0.05) is 38.6 Å². The first kappa shape index (κ1) is 14.7. The molecule has 2 rings (SSSR count). The molecule has 0 aromatic carbocycles. The molecule has 110 valence electrons. The minimum atomic E-state index is -0.170. The number of aromatic nitrogens is 2. The number of amides is 1. The molecule has 6 heteroatoms. The average Bonchev–Trinajstić information content (AvgIpc) is 2.98. The van der Waals surface area contributed by atoms with Crippen LogP contribution in [0.15, 0.2) is 18.5 Å². The van der Waals surface area contributed by atoms with E-state index < -0.39 is 0 Å². The highest BCUT2D eigenvalue weighted by molar-refractivity contribution is 5.85. The molecule has 0 spiro atoms. The largest absolute Gasteiger partial charge is 0.396 e. The Morgan fingerprint density at radius 2 is 2.25 bits per heavy atom. The van der Waals surface area contributed by atoms with E-state index in [0.717, 1.165) is 19.4 Å². The molecular formula is C14H22N4O2. The maximum atomic E-state index is 12.6. The molecule has 6 nitrogen and oxygen atoms in total. The van der Waals surface area contributed by atoms with E-state index in [1.165, 1.54) is 0 Å². The second-order valence-electron chi connectivity index (χ2n) is 4.90. The molecular weight excluding hydrogens is 256 g/mol. The zero-order valence-corrected chi connectivity index (χ0v) is 11.9. The Balaban J connectivity index is 2.08. The summed E-state index contributed by atoms with van der Waals surface area (Å²) in [5.74, 6) is 0.743. The number of nitrogens with zero attached hydrogens (tertiary/aromatic N) is 4. The van der Waals surface area contributed by atoms with Crippen molar-refractivity contribution in [3.8, 4) is 0 Å². The van der Waals surface area contributed by atoms with Gasteiger partial charge in [0.1, 0.15) is 6.04 Å². The van der Waals surface area contributed by atoms with Crippen molar-refractivity contribution < 1.29 is 9.90 Å². The molecule has 1 atom stereocenters. The molecule has 2 heterocycles. The Hall–Kier alpha value is -1.69. The second kappa shape index (κ2) is 7.19. The monoisotopic (exact) mass is 278 g/mol. The van der Waals surface area contributed by atoms with Gasteiger partial charge < -0.3 is 14.9 Å². The van der Waals surface area contributed by atoms with E-state index in [1.54, 1.807) is 18.5 Å². The topological polar surface area (TPSA) is 69.6 Å². The van der Waals surface area contributed by atoms with Crippen molar-refractivity contribution in [2.24, 2.45) is 0 Å². The van der Waals surface area contributed by atoms with Gasteiger partial charge >= 0.3 is 0 Å². The van der Waals surface area contributed by atoms with E-state index in [-0.39, 0.29) is 18.6 Å². The summed E-state index contributed by atoms with van der Waals surface area (Å²) >= 11 is 0. The fraction of sp³-hybridized carbons (Fsp3) is 0.643. The number of rotatable bonds is 6. The number of hydrogen-bond acceptors (Lipinski definition) is 5. The van der Waals surface area contributed by atoms with E-state index in [9.17, 15) is 4.79 Å². The molecule has 1 N–H and O–H groups in total. The summed E-state index contributed by atoms with van der Waals surface area (Å²) in [6.07, 6.45) is 5.84. The van der Waals surface area contributed by atoms with Gasteiger partial charge in [-0.3, -0.25) is 4.79 Å². The molecule has 1 aromatic heterocycles. The lowest BCUT2D eigenvalue weighted by Gasteiger charge is -2.29. The van der Waals surface area contributed by atoms with Gasteiger partial charge in [-0.15, -0.1) is 0 Å². The lowest BCUT2D eigenvalue weighted by Crippen LogP contribution is -2.46. The van der Waals surface area contributed by atoms with Gasteiger partial charge in [-0.25, -0.2) is 9.97 Å². The van der Waals surface area contributed by atoms with Crippen LogP contribution in [0.3, 0.4) is 0 Å². The average molecular weight is 278 g/mol. The third-order valence-corrected chi connectivity index (χ3v) is 3.63. The molecule has 1 saturated heterocycles. The van der Waals surface area contributed by atoms with Crippen LogP contribution < -0.4 is 4.90 Å². The molecule has 1 aliphatic rings. The van der Waals surface area contributed by atoms with Crippen LogP contribution in [-0.4, -0.2) is 58.2 Å². The maximum absolute atomic E-state index is 12.6. The number of carbonyl (C=O) groups is 1. The van der Waals surface area contributed by atoms with Gasteiger partial charge in [0.15, 0.2) is 0 Å². The van der Waals surface area contributed by atoms with Crippen molar-refractivity contribution in [1.82, 2.24) is 14.9 Å². The van der Waals surface area contributed by atoms with Crippen LogP contribution in [-0.2, 0) is 4.79 Å². The highest BCUT2D eigenvalue weighted by Gasteiger charge is 2.34. The molecule has 1 unspecified atom stereocenters. The molecule has 0 aliphatic carbocycles. The number of carbonyl (C=O) groups excluding carboxylic acids is 1. The summed E-state index contributed by atoms with van der Waals surface area (Å²) in [5, 5.41) is 8.92. The quantitative estimate of drug-likeness (QED) is 0.828. The lowest BCUT2D eigenvalue weighted by molar-refractivity contribution is -0.132. The Morgan fingerprint density at radius 1 is 1.50 bits per heavy atom. The standard InChI is InChI=1S/C14H22N4O2/c1-2-17(9-5-11-19)13(20)12-6-3-10-18(12)14-15-7-4-8-16-14/h4,7-8,12,19H,2-3,5-6,9-11H2,1H3. The first-order valence-electron chi connectivity index (χ1n) is 7.21. The van der Waals surface area contributed by atoms with Crippen molar-refractivity contribution in [2.45, 2.75) is 32.2 Å². The Kier molecular flexibility index (Phi) is 5.29. The molecule has 0 bridgehead atoms. The third kappa shape index (κ3) is 3.25.